The van der Waals surface area contributed by atoms with Gasteiger partial charge in [-0.1, -0.05) is 43.7 Å². The lowest BCUT2D eigenvalue weighted by Gasteiger charge is -2.11. The van der Waals surface area contributed by atoms with Crippen LogP contribution in [-0.2, 0) is 11.2 Å². The summed E-state index contributed by atoms with van der Waals surface area (Å²) in [4.78, 5) is 0. The minimum atomic E-state index is -0.320. The van der Waals surface area contributed by atoms with E-state index in [-0.39, 0.29) is 11.9 Å². The molecule has 1 heterocycles. The molecule has 92 valence electrons. The van der Waals surface area contributed by atoms with Crippen LogP contribution in [0.4, 0.5) is 4.39 Å². The lowest BCUT2D eigenvalue weighted by molar-refractivity contribution is 0.159. The fourth-order valence-corrected chi connectivity index (χ4v) is 2.28. The van der Waals surface area contributed by atoms with Gasteiger partial charge in [-0.05, 0) is 24.8 Å². The Morgan fingerprint density at radius 3 is 2.76 bits per heavy atom. The van der Waals surface area contributed by atoms with Gasteiger partial charge < -0.3 is 4.74 Å². The van der Waals surface area contributed by atoms with E-state index in [4.69, 9.17) is 4.74 Å². The van der Waals surface area contributed by atoms with Crippen molar-refractivity contribution in [3.63, 3.8) is 0 Å². The number of rotatable bonds is 5. The topological polar surface area (TPSA) is 9.23 Å². The molecule has 1 unspecified atom stereocenters. The average Bonchev–Trinajstić information content (AvgIpc) is 2.69. The van der Waals surface area contributed by atoms with Crippen molar-refractivity contribution < 1.29 is 9.13 Å². The van der Waals surface area contributed by atoms with Crippen molar-refractivity contribution in [2.75, 3.05) is 6.61 Å². The fraction of sp³-hybridized carbons (Fsp3) is 0.467. The molecule has 0 spiro atoms. The van der Waals surface area contributed by atoms with Gasteiger partial charge in [0, 0.05) is 11.5 Å². The van der Waals surface area contributed by atoms with Crippen LogP contribution in [-0.4, -0.2) is 6.61 Å². The maximum Gasteiger partial charge on any atom is 0.272 e. The first-order chi connectivity index (χ1) is 8.31. The van der Waals surface area contributed by atoms with Gasteiger partial charge in [0.1, 0.15) is 0 Å². The predicted molar refractivity (Wildman–Crippen MR) is 67.2 cm³/mol. The lowest BCUT2D eigenvalue weighted by atomic mass is 9.91. The largest absolute Gasteiger partial charge is 0.470 e. The molecule has 0 amide bonds. The molecule has 1 aromatic rings. The molecular weight excluding hydrogens is 215 g/mol. The molecule has 0 aliphatic carbocycles. The zero-order valence-corrected chi connectivity index (χ0v) is 10.3. The second kappa shape index (κ2) is 5.85. The smallest absolute Gasteiger partial charge is 0.272 e. The molecule has 1 nitrogen and oxygen atoms in total. The summed E-state index contributed by atoms with van der Waals surface area (Å²) < 4.78 is 18.6. The number of ether oxygens (including phenoxy) is 1. The second-order valence-electron chi connectivity index (χ2n) is 4.60. The Balaban J connectivity index is 2.01. The lowest BCUT2D eigenvalue weighted by Crippen LogP contribution is -2.08. The van der Waals surface area contributed by atoms with Crippen LogP contribution in [0.1, 0.15) is 31.7 Å². The molecule has 2 heteroatoms. The third kappa shape index (κ3) is 3.09. The molecule has 0 saturated carbocycles. The molecule has 0 bridgehead atoms. The minimum Gasteiger partial charge on any atom is -0.470 e. The SMILES string of the molecule is CCCCC1=C(F)OCC1Cc1ccccc1. The molecule has 1 aliphatic rings. The molecule has 17 heavy (non-hydrogen) atoms. The van der Waals surface area contributed by atoms with Crippen LogP contribution in [0, 0.1) is 5.92 Å². The third-order valence-corrected chi connectivity index (χ3v) is 3.28. The van der Waals surface area contributed by atoms with Gasteiger partial charge in [0.05, 0.1) is 6.61 Å². The standard InChI is InChI=1S/C15H19FO/c1-2-3-9-14-13(11-17-15(14)16)10-12-7-5-4-6-8-12/h4-8,13H,2-3,9-11H2,1H3. The number of halogens is 1. The first-order valence-corrected chi connectivity index (χ1v) is 6.36. The molecule has 2 rings (SSSR count). The van der Waals surface area contributed by atoms with Gasteiger partial charge in [0.2, 0.25) is 0 Å². The van der Waals surface area contributed by atoms with E-state index in [2.05, 4.69) is 19.1 Å². The highest BCUT2D eigenvalue weighted by Gasteiger charge is 2.27. The highest BCUT2D eigenvalue weighted by Crippen LogP contribution is 2.32. The van der Waals surface area contributed by atoms with E-state index in [1.54, 1.807) is 0 Å². The van der Waals surface area contributed by atoms with E-state index in [9.17, 15) is 4.39 Å². The van der Waals surface area contributed by atoms with Crippen LogP contribution in [0.15, 0.2) is 41.9 Å². The summed E-state index contributed by atoms with van der Waals surface area (Å²) in [6.45, 7) is 2.63. The maximum absolute atomic E-state index is 13.5. The zero-order chi connectivity index (χ0) is 12.1. The van der Waals surface area contributed by atoms with Crippen molar-refractivity contribution in [2.45, 2.75) is 32.6 Å². The van der Waals surface area contributed by atoms with E-state index in [1.807, 2.05) is 18.2 Å². The first kappa shape index (κ1) is 12.2. The van der Waals surface area contributed by atoms with Crippen LogP contribution in [0.2, 0.25) is 0 Å². The van der Waals surface area contributed by atoms with Crippen molar-refractivity contribution in [1.29, 1.82) is 0 Å². The normalized spacial score (nSPS) is 19.5. The molecule has 0 saturated heterocycles. The Labute approximate surface area is 102 Å². The highest BCUT2D eigenvalue weighted by atomic mass is 19.1. The summed E-state index contributed by atoms with van der Waals surface area (Å²) in [6, 6.07) is 9.91. The molecule has 0 N–H and O–H groups in total. The van der Waals surface area contributed by atoms with E-state index < -0.39 is 0 Å². The molecule has 0 radical (unpaired) electrons. The molecule has 1 atom stereocenters. The first-order valence-electron chi connectivity index (χ1n) is 6.36. The maximum atomic E-state index is 13.5. The predicted octanol–water partition coefficient (Wildman–Crippen LogP) is 4.25. The fourth-order valence-electron chi connectivity index (χ4n) is 2.28. The Kier molecular flexibility index (Phi) is 4.18. The minimum absolute atomic E-state index is 0.226. The van der Waals surface area contributed by atoms with Crippen LogP contribution in [0.25, 0.3) is 0 Å². The Hall–Kier alpha value is -1.31. The number of benzene rings is 1. The van der Waals surface area contributed by atoms with E-state index >= 15 is 0 Å². The zero-order valence-electron chi connectivity index (χ0n) is 10.3. The van der Waals surface area contributed by atoms with Crippen molar-refractivity contribution in [3.05, 3.63) is 47.5 Å². The van der Waals surface area contributed by atoms with E-state index in [1.165, 1.54) is 5.56 Å². The number of hydrogen-bond acceptors (Lipinski definition) is 1. The van der Waals surface area contributed by atoms with E-state index in [0.29, 0.717) is 6.61 Å². The van der Waals surface area contributed by atoms with Gasteiger partial charge in [-0.15, -0.1) is 0 Å². The van der Waals surface area contributed by atoms with Gasteiger partial charge in [-0.3, -0.25) is 0 Å². The summed E-state index contributed by atoms with van der Waals surface area (Å²) in [5.74, 6) is 0.226. The summed E-state index contributed by atoms with van der Waals surface area (Å²) in [5, 5.41) is 0. The van der Waals surface area contributed by atoms with Gasteiger partial charge in [0.15, 0.2) is 0 Å². The third-order valence-electron chi connectivity index (χ3n) is 3.28. The van der Waals surface area contributed by atoms with E-state index in [0.717, 1.165) is 31.3 Å². The Morgan fingerprint density at radius 1 is 1.29 bits per heavy atom. The van der Waals surface area contributed by atoms with Crippen LogP contribution < -0.4 is 0 Å². The number of hydrogen-bond donors (Lipinski definition) is 0. The van der Waals surface area contributed by atoms with Crippen molar-refractivity contribution in [2.24, 2.45) is 5.92 Å². The number of unbranched alkanes of at least 4 members (excludes halogenated alkanes) is 1. The van der Waals surface area contributed by atoms with Crippen LogP contribution >= 0.6 is 0 Å². The molecule has 0 aromatic heterocycles. The Bertz CT molecular complexity index is 383. The summed E-state index contributed by atoms with van der Waals surface area (Å²) in [5.41, 5.74) is 2.14. The average molecular weight is 234 g/mol. The van der Waals surface area contributed by atoms with Gasteiger partial charge in [0.25, 0.3) is 6.01 Å². The summed E-state index contributed by atoms with van der Waals surface area (Å²) in [6.07, 6.45) is 3.85. The Morgan fingerprint density at radius 2 is 2.06 bits per heavy atom. The van der Waals surface area contributed by atoms with Gasteiger partial charge >= 0.3 is 0 Å². The summed E-state index contributed by atoms with van der Waals surface area (Å²) >= 11 is 0. The van der Waals surface area contributed by atoms with Crippen molar-refractivity contribution in [1.82, 2.24) is 0 Å². The molecule has 1 aromatic carbocycles. The second-order valence-corrected chi connectivity index (χ2v) is 4.60. The highest BCUT2D eigenvalue weighted by molar-refractivity contribution is 5.21. The molecular formula is C15H19FO. The quantitative estimate of drug-likeness (QED) is 0.740. The van der Waals surface area contributed by atoms with Gasteiger partial charge in [-0.25, -0.2) is 0 Å². The summed E-state index contributed by atoms with van der Waals surface area (Å²) in [7, 11) is 0. The molecule has 0 fully saturated rings. The van der Waals surface area contributed by atoms with Crippen LogP contribution in [0.3, 0.4) is 0 Å². The van der Waals surface area contributed by atoms with Crippen molar-refractivity contribution >= 4 is 0 Å². The van der Waals surface area contributed by atoms with Crippen molar-refractivity contribution in [3.8, 4) is 0 Å². The monoisotopic (exact) mass is 234 g/mol. The van der Waals surface area contributed by atoms with Gasteiger partial charge in [-0.2, -0.15) is 4.39 Å². The molecule has 1 aliphatic heterocycles. The van der Waals surface area contributed by atoms with Crippen LogP contribution in [0.5, 0.6) is 0 Å².